The molecule has 0 aliphatic carbocycles. The van der Waals surface area contributed by atoms with E-state index in [1.807, 2.05) is 65.6 Å². The van der Waals surface area contributed by atoms with Crippen molar-refractivity contribution in [2.75, 3.05) is 30.1 Å². The molecule has 39 heavy (non-hydrogen) atoms. The molecule has 1 aliphatic heterocycles. The van der Waals surface area contributed by atoms with Crippen molar-refractivity contribution in [3.63, 3.8) is 0 Å². The molecular formula is C26H26N2O7S4. The number of fused-ring (bicyclic) bond motifs is 4. The van der Waals surface area contributed by atoms with E-state index in [4.69, 9.17) is 4.74 Å². The number of ether oxygens (including phenoxy) is 1. The maximum Gasteiger partial charge on any atom is 0.265 e. The van der Waals surface area contributed by atoms with Gasteiger partial charge in [0.25, 0.3) is 15.1 Å². The summed E-state index contributed by atoms with van der Waals surface area (Å²) in [6.07, 6.45) is 2.39. The number of hydrogen-bond donors (Lipinski definition) is 1. The number of aromatic nitrogens is 1. The highest BCUT2D eigenvalue weighted by atomic mass is 32.2. The van der Waals surface area contributed by atoms with Gasteiger partial charge in [-0.1, -0.05) is 47.4 Å². The van der Waals surface area contributed by atoms with E-state index in [1.165, 1.54) is 11.8 Å². The quantitative estimate of drug-likeness (QED) is 0.205. The molecule has 1 N–H and O–H groups in total. The van der Waals surface area contributed by atoms with Crippen LogP contribution >= 0.6 is 23.1 Å². The Morgan fingerprint density at radius 2 is 1.85 bits per heavy atom. The zero-order valence-electron chi connectivity index (χ0n) is 20.9. The molecule has 0 spiro atoms. The highest BCUT2D eigenvalue weighted by Gasteiger charge is 2.29. The predicted molar refractivity (Wildman–Crippen MR) is 154 cm³/mol. The average molecular weight is 607 g/mol. The number of benzene rings is 3. The van der Waals surface area contributed by atoms with Gasteiger partial charge in [-0.15, -0.1) is 0 Å². The zero-order valence-corrected chi connectivity index (χ0v) is 24.2. The summed E-state index contributed by atoms with van der Waals surface area (Å²) in [6, 6.07) is 17.7. The van der Waals surface area contributed by atoms with Crippen molar-refractivity contribution in [3.8, 4) is 5.75 Å². The molecule has 0 atom stereocenters. The number of rotatable bonds is 10. The predicted octanol–water partition coefficient (Wildman–Crippen LogP) is 4.47. The van der Waals surface area contributed by atoms with Crippen LogP contribution in [0.2, 0.25) is 0 Å². The summed E-state index contributed by atoms with van der Waals surface area (Å²) >= 11 is 3.09. The summed E-state index contributed by atoms with van der Waals surface area (Å²) in [5.74, 6) is -0.156. The Labute approximate surface area is 235 Å². The highest BCUT2D eigenvalue weighted by molar-refractivity contribution is 8.04. The Balaban J connectivity index is 1.60. The molecule has 4 aromatic rings. The van der Waals surface area contributed by atoms with Gasteiger partial charge >= 0.3 is 0 Å². The molecule has 5 rings (SSSR count). The first-order valence-corrected chi connectivity index (χ1v) is 16.9. The lowest BCUT2D eigenvalue weighted by atomic mass is 10.1. The Kier molecular flexibility index (Phi) is 7.91. The minimum Gasteiger partial charge on any atom is -0.748 e. The lowest BCUT2D eigenvalue weighted by Crippen LogP contribution is -2.36. The first-order valence-electron chi connectivity index (χ1n) is 12.1. The van der Waals surface area contributed by atoms with Crippen molar-refractivity contribution in [2.24, 2.45) is 0 Å². The van der Waals surface area contributed by atoms with Gasteiger partial charge in [0.1, 0.15) is 10.4 Å². The van der Waals surface area contributed by atoms with Crippen LogP contribution in [0.25, 0.3) is 27.1 Å². The number of thiazole rings is 1. The average Bonchev–Trinajstić information content (AvgIpc) is 3.40. The molecule has 206 valence electrons. The number of hydrogen-bond acceptors (Lipinski definition) is 9. The smallest absolute Gasteiger partial charge is 0.265 e. The third-order valence-corrected chi connectivity index (χ3v) is 10.2. The van der Waals surface area contributed by atoms with Crippen LogP contribution in [0.1, 0.15) is 17.8 Å². The lowest BCUT2D eigenvalue weighted by Gasteiger charge is -2.20. The van der Waals surface area contributed by atoms with Crippen LogP contribution in [0.4, 0.5) is 5.69 Å². The summed E-state index contributed by atoms with van der Waals surface area (Å²) in [7, 11) is -6.88. The maximum absolute atomic E-state index is 11.4. The van der Waals surface area contributed by atoms with Crippen LogP contribution in [-0.2, 0) is 26.8 Å². The second kappa shape index (κ2) is 11.1. The Hall–Kier alpha value is -2.68. The molecule has 1 aromatic heterocycles. The van der Waals surface area contributed by atoms with E-state index in [0.717, 1.165) is 41.6 Å². The number of thioether (sulfide) groups is 1. The SMILES string of the molecule is COc1ccc2c(c1)N(CCCS(=O)(=O)O)/C(=C/c1sc3ccc4ccccc4c3[n+]1CCCS(=O)(=O)[O-])S2. The molecule has 0 unspecified atom stereocenters. The standard InChI is InChI=1S/C26H26N2O7S4/c1-35-19-9-11-22-21(16-19)27(12-4-14-38(29,30)31)24(36-22)17-25-28(13-5-15-39(32,33)34)26-20-7-3-2-6-18(20)8-10-23(26)37-25/h2-3,6-11,16-17H,4-5,12-15H2,1H3,(H-,29,30,31,32,33,34). The van der Waals surface area contributed by atoms with E-state index >= 15 is 0 Å². The van der Waals surface area contributed by atoms with Crippen molar-refractivity contribution >= 4 is 76.1 Å². The molecule has 2 heterocycles. The molecular weight excluding hydrogens is 581 g/mol. The van der Waals surface area contributed by atoms with Gasteiger partial charge in [-0.3, -0.25) is 4.55 Å². The molecule has 0 radical (unpaired) electrons. The van der Waals surface area contributed by atoms with Crippen molar-refractivity contribution in [1.29, 1.82) is 0 Å². The second-order valence-electron chi connectivity index (χ2n) is 9.05. The first-order chi connectivity index (χ1) is 18.5. The first kappa shape index (κ1) is 27.9. The van der Waals surface area contributed by atoms with Gasteiger partial charge in [0.15, 0.2) is 6.54 Å². The largest absolute Gasteiger partial charge is 0.748 e. The third kappa shape index (κ3) is 6.39. The van der Waals surface area contributed by atoms with Gasteiger partial charge in [0, 0.05) is 29.7 Å². The summed E-state index contributed by atoms with van der Waals surface area (Å²) in [5, 5.41) is 3.80. The fourth-order valence-corrected chi connectivity index (χ4v) is 7.96. The number of anilines is 1. The van der Waals surface area contributed by atoms with Crippen molar-refractivity contribution in [2.45, 2.75) is 24.3 Å². The number of aryl methyl sites for hydroxylation is 1. The molecule has 9 nitrogen and oxygen atoms in total. The van der Waals surface area contributed by atoms with Gasteiger partial charge in [-0.2, -0.15) is 13.0 Å². The van der Waals surface area contributed by atoms with Crippen LogP contribution in [0.5, 0.6) is 5.75 Å². The van der Waals surface area contributed by atoms with E-state index in [2.05, 4.69) is 4.57 Å². The minimum atomic E-state index is -4.35. The molecule has 1 aliphatic rings. The monoisotopic (exact) mass is 606 g/mol. The van der Waals surface area contributed by atoms with Crippen molar-refractivity contribution in [3.05, 3.63) is 64.6 Å². The van der Waals surface area contributed by atoms with E-state index in [9.17, 15) is 25.9 Å². The van der Waals surface area contributed by atoms with E-state index < -0.39 is 26.0 Å². The van der Waals surface area contributed by atoms with Gasteiger partial charge < -0.3 is 14.2 Å². The Bertz CT molecular complexity index is 1800. The van der Waals surface area contributed by atoms with E-state index in [1.54, 1.807) is 18.4 Å². The number of nitrogens with zero attached hydrogens (tertiary/aromatic N) is 2. The molecule has 0 amide bonds. The van der Waals surface area contributed by atoms with Crippen LogP contribution in [0.3, 0.4) is 0 Å². The zero-order chi connectivity index (χ0) is 27.8. The molecule has 0 saturated heterocycles. The Morgan fingerprint density at radius 3 is 2.59 bits per heavy atom. The van der Waals surface area contributed by atoms with Crippen molar-refractivity contribution < 1.29 is 35.2 Å². The van der Waals surface area contributed by atoms with Crippen LogP contribution in [0, 0.1) is 0 Å². The fraction of sp³-hybridized carbons (Fsp3) is 0.269. The van der Waals surface area contributed by atoms with Crippen LogP contribution in [-0.4, -0.2) is 51.1 Å². The number of methoxy groups -OCH3 is 1. The summed E-state index contributed by atoms with van der Waals surface area (Å²) in [6.45, 7) is 0.684. The molecule has 0 saturated carbocycles. The van der Waals surface area contributed by atoms with E-state index in [0.29, 0.717) is 18.8 Å². The third-order valence-electron chi connectivity index (χ3n) is 6.36. The van der Waals surface area contributed by atoms with Crippen LogP contribution < -0.4 is 14.2 Å². The fourth-order valence-electron chi connectivity index (χ4n) is 4.66. The summed E-state index contributed by atoms with van der Waals surface area (Å²) in [5.41, 5.74) is 1.84. The topological polar surface area (TPSA) is 128 Å². The minimum absolute atomic E-state index is 0.171. The Morgan fingerprint density at radius 1 is 1.05 bits per heavy atom. The van der Waals surface area contributed by atoms with Crippen molar-refractivity contribution in [1.82, 2.24) is 0 Å². The summed E-state index contributed by atoms with van der Waals surface area (Å²) in [4.78, 5) is 2.98. The van der Waals surface area contributed by atoms with E-state index in [-0.39, 0.29) is 18.6 Å². The molecule has 0 fully saturated rings. The normalized spacial score (nSPS) is 14.9. The molecule has 0 bridgehead atoms. The van der Waals surface area contributed by atoms with Crippen LogP contribution in [0.15, 0.2) is 64.5 Å². The highest BCUT2D eigenvalue weighted by Crippen LogP contribution is 2.48. The van der Waals surface area contributed by atoms with Gasteiger partial charge in [0.05, 0.1) is 45.2 Å². The summed E-state index contributed by atoms with van der Waals surface area (Å²) < 4.78 is 74.5. The lowest BCUT2D eigenvalue weighted by molar-refractivity contribution is -0.667. The van der Waals surface area contributed by atoms with Gasteiger partial charge in [-0.25, -0.2) is 8.42 Å². The second-order valence-corrected chi connectivity index (χ2v) is 14.3. The molecule has 3 aromatic carbocycles. The molecule has 13 heteroatoms. The maximum atomic E-state index is 11.4. The van der Waals surface area contributed by atoms with Gasteiger partial charge in [0.2, 0.25) is 5.52 Å². The van der Waals surface area contributed by atoms with Gasteiger partial charge in [-0.05, 0) is 36.1 Å².